The van der Waals surface area contributed by atoms with E-state index in [1.54, 1.807) is 18.4 Å². The minimum absolute atomic E-state index is 0.364. The lowest BCUT2D eigenvalue weighted by Crippen LogP contribution is -2.39. The van der Waals surface area contributed by atoms with E-state index in [9.17, 15) is 8.78 Å². The maximum absolute atomic E-state index is 13.6. The Morgan fingerprint density at radius 2 is 2.14 bits per heavy atom. The van der Waals surface area contributed by atoms with Crippen LogP contribution in [-0.2, 0) is 13.0 Å². The van der Waals surface area contributed by atoms with Gasteiger partial charge in [0, 0.05) is 27.2 Å². The Hall–Kier alpha value is -1.95. The fourth-order valence-electron chi connectivity index (χ4n) is 2.16. The van der Waals surface area contributed by atoms with Crippen molar-refractivity contribution >= 4 is 17.3 Å². The third-order valence-electron chi connectivity index (χ3n) is 3.26. The van der Waals surface area contributed by atoms with E-state index < -0.39 is 5.82 Å². The summed E-state index contributed by atoms with van der Waals surface area (Å²) in [4.78, 5) is 6.20. The van der Waals surface area contributed by atoms with Gasteiger partial charge in [-0.25, -0.2) is 8.78 Å². The second kappa shape index (κ2) is 7.89. The first-order valence-corrected chi connectivity index (χ1v) is 7.91. The van der Waals surface area contributed by atoms with Crippen molar-refractivity contribution in [3.05, 3.63) is 57.8 Å². The zero-order valence-electron chi connectivity index (χ0n) is 12.6. The first-order chi connectivity index (χ1) is 10.6. The predicted octanol–water partition coefficient (Wildman–Crippen LogP) is 3.28. The lowest BCUT2D eigenvalue weighted by molar-refractivity contribution is 0.477. The van der Waals surface area contributed by atoms with Gasteiger partial charge in [-0.1, -0.05) is 0 Å². The van der Waals surface area contributed by atoms with Gasteiger partial charge in [0.25, 0.3) is 0 Å². The summed E-state index contributed by atoms with van der Waals surface area (Å²) in [6.07, 6.45) is 0.398. The molecule has 0 saturated carbocycles. The van der Waals surface area contributed by atoms with Crippen LogP contribution in [0.15, 0.2) is 40.0 Å². The van der Waals surface area contributed by atoms with Crippen LogP contribution in [0.4, 0.5) is 8.78 Å². The second-order valence-electron chi connectivity index (χ2n) is 4.95. The van der Waals surface area contributed by atoms with Gasteiger partial charge >= 0.3 is 0 Å². The van der Waals surface area contributed by atoms with E-state index in [0.717, 1.165) is 24.6 Å². The predicted molar refractivity (Wildman–Crippen MR) is 87.2 cm³/mol. The van der Waals surface area contributed by atoms with Gasteiger partial charge in [-0.05, 0) is 52.6 Å². The van der Waals surface area contributed by atoms with Crippen molar-refractivity contribution in [2.75, 3.05) is 20.6 Å². The van der Waals surface area contributed by atoms with Crippen molar-refractivity contribution in [3.63, 3.8) is 0 Å². The number of aliphatic imine (C=N–C) groups is 1. The summed E-state index contributed by atoms with van der Waals surface area (Å²) in [6.45, 7) is 1.23. The largest absolute Gasteiger partial charge is 0.356 e. The maximum Gasteiger partial charge on any atom is 0.193 e. The fourth-order valence-corrected chi connectivity index (χ4v) is 2.82. The highest BCUT2D eigenvalue weighted by Gasteiger charge is 2.08. The molecule has 0 radical (unpaired) electrons. The Labute approximate surface area is 133 Å². The Morgan fingerprint density at radius 3 is 2.82 bits per heavy atom. The van der Waals surface area contributed by atoms with Crippen molar-refractivity contribution in [2.24, 2.45) is 4.99 Å². The summed E-state index contributed by atoms with van der Waals surface area (Å²) in [5.41, 5.74) is 1.58. The van der Waals surface area contributed by atoms with E-state index in [2.05, 4.69) is 21.8 Å². The van der Waals surface area contributed by atoms with Crippen LogP contribution in [0.1, 0.15) is 11.1 Å². The highest BCUT2D eigenvalue weighted by Crippen LogP contribution is 2.10. The molecule has 6 heteroatoms. The molecular formula is C16H19F2N3S. The van der Waals surface area contributed by atoms with Crippen molar-refractivity contribution in [3.8, 4) is 0 Å². The summed E-state index contributed by atoms with van der Waals surface area (Å²) in [5.74, 6) is -0.0804. The average Bonchev–Trinajstić information content (AvgIpc) is 2.99. The third-order valence-corrected chi connectivity index (χ3v) is 3.99. The normalized spacial score (nSPS) is 11.5. The Bertz CT molecular complexity index is 626. The quantitative estimate of drug-likeness (QED) is 0.675. The molecule has 2 rings (SSSR count). The molecule has 0 fully saturated rings. The van der Waals surface area contributed by atoms with Gasteiger partial charge in [0.2, 0.25) is 0 Å². The topological polar surface area (TPSA) is 27.6 Å². The molecular weight excluding hydrogens is 304 g/mol. The minimum atomic E-state index is -0.421. The number of hydrogen-bond acceptors (Lipinski definition) is 2. The fraction of sp³-hybridized carbons (Fsp3) is 0.312. The number of guanidine groups is 1. The molecule has 118 valence electrons. The zero-order chi connectivity index (χ0) is 15.9. The molecule has 0 atom stereocenters. The van der Waals surface area contributed by atoms with Crippen LogP contribution < -0.4 is 5.32 Å². The van der Waals surface area contributed by atoms with Gasteiger partial charge in [0.15, 0.2) is 5.96 Å². The van der Waals surface area contributed by atoms with Crippen LogP contribution in [0.3, 0.4) is 0 Å². The van der Waals surface area contributed by atoms with Crippen molar-refractivity contribution < 1.29 is 8.78 Å². The molecule has 0 aliphatic carbocycles. The summed E-state index contributed by atoms with van der Waals surface area (Å²) in [5, 5.41) is 7.29. The Balaban J connectivity index is 1.87. The van der Waals surface area contributed by atoms with E-state index in [1.807, 2.05) is 17.3 Å². The minimum Gasteiger partial charge on any atom is -0.356 e. The molecule has 0 spiro atoms. The molecule has 2 aromatic rings. The monoisotopic (exact) mass is 323 g/mol. The molecule has 1 aromatic carbocycles. The van der Waals surface area contributed by atoms with Gasteiger partial charge in [-0.15, -0.1) is 0 Å². The van der Waals surface area contributed by atoms with Crippen molar-refractivity contribution in [2.45, 2.75) is 13.0 Å². The standard InChI is InChI=1S/C16H19F2N3S/c1-19-16(21(2)10-12-6-8-22-11-12)20-7-5-13-9-14(17)3-4-15(13)18/h3-4,6,8-9,11H,5,7,10H2,1-2H3,(H,19,20). The number of halogens is 2. The van der Waals surface area contributed by atoms with Crippen LogP contribution in [0, 0.1) is 11.6 Å². The van der Waals surface area contributed by atoms with E-state index in [4.69, 9.17) is 0 Å². The Kier molecular flexibility index (Phi) is 5.89. The molecule has 0 bridgehead atoms. The first-order valence-electron chi connectivity index (χ1n) is 6.97. The highest BCUT2D eigenvalue weighted by molar-refractivity contribution is 7.07. The number of nitrogens with zero attached hydrogens (tertiary/aromatic N) is 2. The van der Waals surface area contributed by atoms with Gasteiger partial charge in [-0.2, -0.15) is 11.3 Å². The SMILES string of the molecule is CN=C(NCCc1cc(F)ccc1F)N(C)Cc1ccsc1. The highest BCUT2D eigenvalue weighted by atomic mass is 32.1. The summed E-state index contributed by atoms with van der Waals surface area (Å²) in [7, 11) is 3.64. The number of rotatable bonds is 5. The summed E-state index contributed by atoms with van der Waals surface area (Å²) in [6, 6.07) is 5.58. The molecule has 0 unspecified atom stereocenters. The van der Waals surface area contributed by atoms with E-state index in [0.29, 0.717) is 18.5 Å². The van der Waals surface area contributed by atoms with Crippen LogP contribution in [0.2, 0.25) is 0 Å². The zero-order valence-corrected chi connectivity index (χ0v) is 13.5. The van der Waals surface area contributed by atoms with Crippen LogP contribution in [-0.4, -0.2) is 31.5 Å². The van der Waals surface area contributed by atoms with E-state index in [-0.39, 0.29) is 5.82 Å². The molecule has 1 N–H and O–H groups in total. The van der Waals surface area contributed by atoms with Crippen LogP contribution >= 0.6 is 11.3 Å². The number of thiophene rings is 1. The Morgan fingerprint density at radius 1 is 1.32 bits per heavy atom. The third kappa shape index (κ3) is 4.53. The molecule has 0 amide bonds. The van der Waals surface area contributed by atoms with Gasteiger partial charge in [0.1, 0.15) is 11.6 Å². The molecule has 1 heterocycles. The summed E-state index contributed by atoms with van der Waals surface area (Å²) < 4.78 is 26.7. The summed E-state index contributed by atoms with van der Waals surface area (Å²) >= 11 is 1.65. The first kappa shape index (κ1) is 16.4. The molecule has 3 nitrogen and oxygen atoms in total. The van der Waals surface area contributed by atoms with E-state index >= 15 is 0 Å². The average molecular weight is 323 g/mol. The van der Waals surface area contributed by atoms with Crippen LogP contribution in [0.5, 0.6) is 0 Å². The lowest BCUT2D eigenvalue weighted by Gasteiger charge is -2.21. The smallest absolute Gasteiger partial charge is 0.193 e. The molecule has 0 aliphatic heterocycles. The van der Waals surface area contributed by atoms with Gasteiger partial charge in [0.05, 0.1) is 0 Å². The van der Waals surface area contributed by atoms with Crippen molar-refractivity contribution in [1.29, 1.82) is 0 Å². The number of nitrogens with one attached hydrogen (secondary N) is 1. The van der Waals surface area contributed by atoms with E-state index in [1.165, 1.54) is 11.6 Å². The second-order valence-corrected chi connectivity index (χ2v) is 5.73. The number of hydrogen-bond donors (Lipinski definition) is 1. The van der Waals surface area contributed by atoms with Gasteiger partial charge < -0.3 is 10.2 Å². The van der Waals surface area contributed by atoms with Crippen molar-refractivity contribution in [1.82, 2.24) is 10.2 Å². The molecule has 0 saturated heterocycles. The lowest BCUT2D eigenvalue weighted by atomic mass is 10.1. The van der Waals surface area contributed by atoms with Crippen LogP contribution in [0.25, 0.3) is 0 Å². The number of benzene rings is 1. The maximum atomic E-state index is 13.6. The van der Waals surface area contributed by atoms with Gasteiger partial charge in [-0.3, -0.25) is 4.99 Å². The molecule has 0 aliphatic rings. The molecule has 22 heavy (non-hydrogen) atoms. The molecule has 1 aromatic heterocycles.